The minimum atomic E-state index is -0.261. The van der Waals surface area contributed by atoms with Crippen molar-refractivity contribution in [3.05, 3.63) is 54.1 Å². The lowest BCUT2D eigenvalue weighted by Gasteiger charge is -2.32. The minimum Gasteiger partial charge on any atom is -0.508 e. The molecule has 0 saturated carbocycles. The third-order valence-electron chi connectivity index (χ3n) is 3.90. The molecule has 5 nitrogen and oxygen atoms in total. The van der Waals surface area contributed by atoms with E-state index in [4.69, 9.17) is 14.2 Å². The minimum absolute atomic E-state index is 0.0931. The van der Waals surface area contributed by atoms with E-state index < -0.39 is 0 Å². The first-order chi connectivity index (χ1) is 11.8. The number of morpholine rings is 1. The summed E-state index contributed by atoms with van der Waals surface area (Å²) in [5, 5.41) is 13.0. The van der Waals surface area contributed by atoms with Gasteiger partial charge >= 0.3 is 0 Å². The van der Waals surface area contributed by atoms with E-state index in [0.717, 1.165) is 18.7 Å². The molecule has 2 aromatic rings. The quantitative estimate of drug-likeness (QED) is 0.853. The van der Waals surface area contributed by atoms with Crippen LogP contribution >= 0.6 is 0 Å². The van der Waals surface area contributed by atoms with Gasteiger partial charge in [-0.05, 0) is 24.6 Å². The number of ether oxygens (including phenoxy) is 3. The summed E-state index contributed by atoms with van der Waals surface area (Å²) >= 11 is 0. The summed E-state index contributed by atoms with van der Waals surface area (Å²) in [6.45, 7) is 4.63. The van der Waals surface area contributed by atoms with Crippen molar-refractivity contribution in [2.75, 3.05) is 26.3 Å². The van der Waals surface area contributed by atoms with Crippen LogP contribution in [0.2, 0.25) is 0 Å². The molecule has 2 atom stereocenters. The molecule has 1 aliphatic heterocycles. The molecular formula is C19H23NO4. The van der Waals surface area contributed by atoms with E-state index in [-0.39, 0.29) is 18.0 Å². The fourth-order valence-electron chi connectivity index (χ4n) is 2.78. The summed E-state index contributed by atoms with van der Waals surface area (Å²) in [7, 11) is 0. The fourth-order valence-corrected chi connectivity index (χ4v) is 2.78. The summed E-state index contributed by atoms with van der Waals surface area (Å²) in [5.74, 6) is 1.28. The zero-order valence-electron chi connectivity index (χ0n) is 13.8. The highest BCUT2D eigenvalue weighted by Gasteiger charge is 2.28. The van der Waals surface area contributed by atoms with Gasteiger partial charge in [-0.3, -0.25) is 0 Å². The third-order valence-corrected chi connectivity index (χ3v) is 3.90. The Morgan fingerprint density at radius 2 is 2.04 bits per heavy atom. The van der Waals surface area contributed by atoms with Crippen molar-refractivity contribution in [1.82, 2.24) is 5.32 Å². The van der Waals surface area contributed by atoms with Gasteiger partial charge in [0.25, 0.3) is 0 Å². The van der Waals surface area contributed by atoms with Crippen molar-refractivity contribution < 1.29 is 19.3 Å². The normalized spacial score (nSPS) is 18.8. The highest BCUT2D eigenvalue weighted by atomic mass is 16.6. The Labute approximate surface area is 142 Å². The molecule has 2 aromatic carbocycles. The van der Waals surface area contributed by atoms with E-state index in [0.29, 0.717) is 24.7 Å². The largest absolute Gasteiger partial charge is 0.508 e. The van der Waals surface area contributed by atoms with Crippen molar-refractivity contribution in [3.8, 4) is 17.2 Å². The zero-order chi connectivity index (χ0) is 16.8. The van der Waals surface area contributed by atoms with E-state index in [1.54, 1.807) is 18.2 Å². The molecule has 0 spiro atoms. The lowest BCUT2D eigenvalue weighted by molar-refractivity contribution is -0.0439. The van der Waals surface area contributed by atoms with Crippen molar-refractivity contribution in [2.24, 2.45) is 0 Å². The van der Waals surface area contributed by atoms with Gasteiger partial charge in [0.2, 0.25) is 0 Å². The second-order valence-corrected chi connectivity index (χ2v) is 5.63. The van der Waals surface area contributed by atoms with Gasteiger partial charge < -0.3 is 24.6 Å². The number of phenols is 1. The Morgan fingerprint density at radius 3 is 2.75 bits per heavy atom. The van der Waals surface area contributed by atoms with Crippen LogP contribution in [0.3, 0.4) is 0 Å². The van der Waals surface area contributed by atoms with E-state index in [1.807, 2.05) is 37.3 Å². The molecular weight excluding hydrogens is 306 g/mol. The van der Waals surface area contributed by atoms with Gasteiger partial charge in [0.15, 0.2) is 17.6 Å². The monoisotopic (exact) mass is 329 g/mol. The van der Waals surface area contributed by atoms with Crippen LogP contribution in [0.15, 0.2) is 48.5 Å². The van der Waals surface area contributed by atoms with Crippen LogP contribution in [0.1, 0.15) is 18.6 Å². The highest BCUT2D eigenvalue weighted by molar-refractivity contribution is 5.45. The number of hydrogen-bond donors (Lipinski definition) is 2. The molecule has 1 aliphatic rings. The van der Waals surface area contributed by atoms with Gasteiger partial charge in [-0.25, -0.2) is 0 Å². The molecule has 0 amide bonds. The summed E-state index contributed by atoms with van der Waals surface area (Å²) in [5.41, 5.74) is 1.04. The second kappa shape index (κ2) is 8.04. The van der Waals surface area contributed by atoms with Gasteiger partial charge in [-0.1, -0.05) is 30.3 Å². The van der Waals surface area contributed by atoms with E-state index >= 15 is 0 Å². The molecule has 2 N–H and O–H groups in total. The number of hydrogen-bond acceptors (Lipinski definition) is 5. The standard InChI is InChI=1S/C19H23NO4/c1-2-22-17-12-15(21)8-9-16(17)24-19(14-6-4-3-5-7-14)18-13-20-10-11-23-18/h3-9,12,18-21H,2,10-11,13H2,1H3/t18-,19-/m0/s1. The molecule has 24 heavy (non-hydrogen) atoms. The molecule has 0 radical (unpaired) electrons. The highest BCUT2D eigenvalue weighted by Crippen LogP contribution is 2.36. The predicted molar refractivity (Wildman–Crippen MR) is 91.7 cm³/mol. The van der Waals surface area contributed by atoms with Crippen LogP contribution in [-0.4, -0.2) is 37.5 Å². The first-order valence-electron chi connectivity index (χ1n) is 8.27. The van der Waals surface area contributed by atoms with Gasteiger partial charge in [0, 0.05) is 19.2 Å². The average molecular weight is 329 g/mol. The van der Waals surface area contributed by atoms with E-state index in [2.05, 4.69) is 5.32 Å². The average Bonchev–Trinajstić information content (AvgIpc) is 2.63. The number of aromatic hydroxyl groups is 1. The maximum atomic E-state index is 9.69. The molecule has 1 saturated heterocycles. The molecule has 0 aromatic heterocycles. The van der Waals surface area contributed by atoms with Crippen molar-refractivity contribution >= 4 is 0 Å². The molecule has 5 heteroatoms. The van der Waals surface area contributed by atoms with Crippen LogP contribution in [0.25, 0.3) is 0 Å². The smallest absolute Gasteiger partial charge is 0.164 e. The van der Waals surface area contributed by atoms with Crippen molar-refractivity contribution in [2.45, 2.75) is 19.1 Å². The van der Waals surface area contributed by atoms with E-state index in [9.17, 15) is 5.11 Å². The Balaban J connectivity index is 1.89. The maximum absolute atomic E-state index is 9.69. The Bertz CT molecular complexity index is 641. The molecule has 1 heterocycles. The Kier molecular flexibility index (Phi) is 5.56. The SMILES string of the molecule is CCOc1cc(O)ccc1O[C@@H](c1ccccc1)[C@@H]1CNCCO1. The lowest BCUT2D eigenvalue weighted by atomic mass is 10.0. The number of phenolic OH excluding ortho intramolecular Hbond substituents is 1. The Hall–Kier alpha value is -2.24. The third kappa shape index (κ3) is 3.99. The van der Waals surface area contributed by atoms with Crippen molar-refractivity contribution in [1.29, 1.82) is 0 Å². The number of rotatable bonds is 6. The molecule has 128 valence electrons. The molecule has 0 bridgehead atoms. The number of benzene rings is 2. The zero-order valence-corrected chi connectivity index (χ0v) is 13.8. The van der Waals surface area contributed by atoms with Gasteiger partial charge in [-0.15, -0.1) is 0 Å². The van der Waals surface area contributed by atoms with Gasteiger partial charge in [-0.2, -0.15) is 0 Å². The molecule has 0 unspecified atom stereocenters. The first kappa shape index (κ1) is 16.6. The van der Waals surface area contributed by atoms with E-state index in [1.165, 1.54) is 0 Å². The molecule has 3 rings (SSSR count). The predicted octanol–water partition coefficient (Wildman–Crippen LogP) is 2.90. The van der Waals surface area contributed by atoms with Crippen LogP contribution in [0.4, 0.5) is 0 Å². The maximum Gasteiger partial charge on any atom is 0.164 e. The number of nitrogens with one attached hydrogen (secondary N) is 1. The van der Waals surface area contributed by atoms with Crippen LogP contribution in [-0.2, 0) is 4.74 Å². The summed E-state index contributed by atoms with van der Waals surface area (Å²) in [4.78, 5) is 0. The Morgan fingerprint density at radius 1 is 1.21 bits per heavy atom. The lowest BCUT2D eigenvalue weighted by Crippen LogP contribution is -2.43. The topological polar surface area (TPSA) is 60.0 Å². The second-order valence-electron chi connectivity index (χ2n) is 5.63. The van der Waals surface area contributed by atoms with Gasteiger partial charge in [0.05, 0.1) is 13.2 Å². The summed E-state index contributed by atoms with van der Waals surface area (Å²) in [6.07, 6.45) is -0.354. The van der Waals surface area contributed by atoms with Crippen LogP contribution in [0, 0.1) is 0 Å². The van der Waals surface area contributed by atoms with Crippen LogP contribution in [0.5, 0.6) is 17.2 Å². The van der Waals surface area contributed by atoms with Crippen LogP contribution < -0.4 is 14.8 Å². The fraction of sp³-hybridized carbons (Fsp3) is 0.368. The summed E-state index contributed by atoms with van der Waals surface area (Å²) < 4.78 is 17.8. The summed E-state index contributed by atoms with van der Waals surface area (Å²) in [6, 6.07) is 14.9. The van der Waals surface area contributed by atoms with Gasteiger partial charge in [0.1, 0.15) is 11.9 Å². The van der Waals surface area contributed by atoms with Crippen molar-refractivity contribution in [3.63, 3.8) is 0 Å². The molecule has 0 aliphatic carbocycles. The molecule has 1 fully saturated rings. The first-order valence-corrected chi connectivity index (χ1v) is 8.27.